The highest BCUT2D eigenvalue weighted by Crippen LogP contribution is 2.31. The number of unbranched alkanes of at least 4 members (excludes halogenated alkanes) is 24. The fourth-order valence-electron chi connectivity index (χ4n) is 6.55. The molecule has 1 heterocycles. The van der Waals surface area contributed by atoms with E-state index in [2.05, 4.69) is 66.4 Å². The van der Waals surface area contributed by atoms with Crippen molar-refractivity contribution in [2.75, 3.05) is 13.1 Å². The van der Waals surface area contributed by atoms with Gasteiger partial charge in [-0.3, -0.25) is 0 Å². The number of nitrogens with zero attached hydrogens (tertiary/aromatic N) is 2. The van der Waals surface area contributed by atoms with Crippen molar-refractivity contribution in [3.63, 3.8) is 0 Å². The molecule has 0 aromatic heterocycles. The molecule has 0 amide bonds. The van der Waals surface area contributed by atoms with Crippen molar-refractivity contribution in [1.82, 2.24) is 9.80 Å². The van der Waals surface area contributed by atoms with Gasteiger partial charge >= 0.3 is 0 Å². The minimum Gasteiger partial charge on any atom is -0.352 e. The van der Waals surface area contributed by atoms with Gasteiger partial charge in [0.05, 0.1) is 0 Å². The molecule has 0 aliphatic carbocycles. The van der Waals surface area contributed by atoms with Gasteiger partial charge in [0, 0.05) is 25.5 Å². The molecule has 1 aliphatic heterocycles. The third-order valence-corrected chi connectivity index (χ3v) is 9.22. The Morgan fingerprint density at radius 2 is 0.683 bits per heavy atom. The van der Waals surface area contributed by atoms with Gasteiger partial charge < -0.3 is 9.80 Å². The maximum absolute atomic E-state index is 2.61. The van der Waals surface area contributed by atoms with Crippen LogP contribution in [-0.2, 0) is 0 Å². The van der Waals surface area contributed by atoms with Crippen LogP contribution in [-0.4, -0.2) is 22.9 Å². The van der Waals surface area contributed by atoms with Crippen LogP contribution in [0.2, 0.25) is 0 Å². The molecule has 0 radical (unpaired) electrons. The van der Waals surface area contributed by atoms with Crippen LogP contribution in [0.4, 0.5) is 0 Å². The second kappa shape index (κ2) is 26.2. The smallest absolute Gasteiger partial charge is 0.127 e. The van der Waals surface area contributed by atoms with E-state index in [0.717, 1.165) is 0 Å². The van der Waals surface area contributed by atoms with E-state index in [1.165, 1.54) is 186 Å². The van der Waals surface area contributed by atoms with Gasteiger partial charge in [-0.25, -0.2) is 0 Å². The normalized spacial score (nSPS) is 14.9. The molecular formula is C39H70N2. The first-order chi connectivity index (χ1) is 20.4. The van der Waals surface area contributed by atoms with Gasteiger partial charge in [0.1, 0.15) is 6.17 Å². The Bertz CT molecular complexity index is 699. The highest BCUT2D eigenvalue weighted by Gasteiger charge is 2.26. The maximum atomic E-state index is 2.61. The van der Waals surface area contributed by atoms with Gasteiger partial charge in [-0.1, -0.05) is 198 Å². The van der Waals surface area contributed by atoms with Crippen LogP contribution >= 0.6 is 0 Å². The van der Waals surface area contributed by atoms with E-state index in [1.54, 1.807) is 0 Å². The molecule has 2 heteroatoms. The van der Waals surface area contributed by atoms with Gasteiger partial charge in [-0.15, -0.1) is 0 Å². The van der Waals surface area contributed by atoms with E-state index in [0.29, 0.717) is 6.17 Å². The van der Waals surface area contributed by atoms with Crippen molar-refractivity contribution < 1.29 is 0 Å². The number of hydrogen-bond acceptors (Lipinski definition) is 2. The lowest BCUT2D eigenvalue weighted by molar-refractivity contribution is 0.149. The third kappa shape index (κ3) is 18.0. The van der Waals surface area contributed by atoms with Crippen molar-refractivity contribution in [2.24, 2.45) is 0 Å². The van der Waals surface area contributed by atoms with Gasteiger partial charge in [0.25, 0.3) is 0 Å². The zero-order valence-electron chi connectivity index (χ0n) is 27.8. The van der Waals surface area contributed by atoms with Crippen LogP contribution < -0.4 is 0 Å². The van der Waals surface area contributed by atoms with E-state index in [-0.39, 0.29) is 0 Å². The third-order valence-electron chi connectivity index (χ3n) is 9.22. The Balaban J connectivity index is 1.51. The van der Waals surface area contributed by atoms with E-state index in [9.17, 15) is 0 Å². The first-order valence-corrected chi connectivity index (χ1v) is 18.6. The van der Waals surface area contributed by atoms with Crippen LogP contribution in [0.3, 0.4) is 0 Å². The molecule has 2 rings (SSSR count). The van der Waals surface area contributed by atoms with Crippen molar-refractivity contribution >= 4 is 0 Å². The van der Waals surface area contributed by atoms with Crippen molar-refractivity contribution in [2.45, 2.75) is 187 Å². The molecule has 0 bridgehead atoms. The largest absolute Gasteiger partial charge is 0.352 e. The Morgan fingerprint density at radius 1 is 0.390 bits per heavy atom. The highest BCUT2D eigenvalue weighted by atomic mass is 15.4. The molecule has 0 spiro atoms. The monoisotopic (exact) mass is 567 g/mol. The standard InChI is InChI=1S/C39H70N2/c1-3-5-7-9-11-13-15-16-17-18-19-20-22-24-26-31-35-41-37-36-40(39(41)38-32-28-27-29-33-38)34-30-25-23-21-14-12-10-8-6-4-2/h27-29,32-33,36-37,39H,3-26,30-31,34-35H2,1-2H3. The first kappa shape index (κ1) is 35.8. The molecule has 1 aliphatic rings. The lowest BCUT2D eigenvalue weighted by atomic mass is 10.0. The number of rotatable bonds is 29. The zero-order valence-corrected chi connectivity index (χ0v) is 27.8. The van der Waals surface area contributed by atoms with E-state index >= 15 is 0 Å². The molecule has 0 fully saturated rings. The van der Waals surface area contributed by atoms with Crippen LogP contribution in [0.5, 0.6) is 0 Å². The topological polar surface area (TPSA) is 6.48 Å². The SMILES string of the molecule is CCCCCCCCCCCCCCCCCCN1C=CN(CCCCCCCCCCCC)C1c1ccccc1. The lowest BCUT2D eigenvalue weighted by Crippen LogP contribution is -2.32. The molecule has 1 aromatic rings. The van der Waals surface area contributed by atoms with Gasteiger partial charge in [-0.2, -0.15) is 0 Å². The van der Waals surface area contributed by atoms with Crippen molar-refractivity contribution in [3.05, 3.63) is 48.3 Å². The summed E-state index contributed by atoms with van der Waals surface area (Å²) < 4.78 is 0. The molecular weight excluding hydrogens is 496 g/mol. The first-order valence-electron chi connectivity index (χ1n) is 18.6. The quantitative estimate of drug-likeness (QED) is 0.0890. The molecule has 0 N–H and O–H groups in total. The molecule has 1 unspecified atom stereocenters. The molecule has 0 saturated carbocycles. The number of hydrogen-bond donors (Lipinski definition) is 0. The minimum absolute atomic E-state index is 0.395. The minimum atomic E-state index is 0.395. The summed E-state index contributed by atoms with van der Waals surface area (Å²) in [7, 11) is 0. The van der Waals surface area contributed by atoms with Gasteiger partial charge in [0.2, 0.25) is 0 Å². The fourth-order valence-corrected chi connectivity index (χ4v) is 6.55. The van der Waals surface area contributed by atoms with Crippen LogP contribution in [0.15, 0.2) is 42.7 Å². The highest BCUT2D eigenvalue weighted by molar-refractivity contribution is 5.21. The average Bonchev–Trinajstić information content (AvgIpc) is 3.40. The van der Waals surface area contributed by atoms with Crippen molar-refractivity contribution in [1.29, 1.82) is 0 Å². The summed E-state index contributed by atoms with van der Waals surface area (Å²) in [5.74, 6) is 0. The Morgan fingerprint density at radius 3 is 1.00 bits per heavy atom. The second-order valence-electron chi connectivity index (χ2n) is 13.0. The molecule has 41 heavy (non-hydrogen) atoms. The van der Waals surface area contributed by atoms with Crippen molar-refractivity contribution in [3.8, 4) is 0 Å². The summed E-state index contributed by atoms with van der Waals surface area (Å²) in [5, 5.41) is 0. The van der Waals surface area contributed by atoms with Gasteiger partial charge in [0.15, 0.2) is 0 Å². The molecule has 1 aromatic carbocycles. The Labute approximate surface area is 257 Å². The number of benzene rings is 1. The predicted octanol–water partition coefficient (Wildman–Crippen LogP) is 13.0. The van der Waals surface area contributed by atoms with Crippen LogP contribution in [0.25, 0.3) is 0 Å². The molecule has 1 atom stereocenters. The Hall–Kier alpha value is -1.44. The average molecular weight is 567 g/mol. The lowest BCUT2D eigenvalue weighted by Gasteiger charge is -2.33. The predicted molar refractivity (Wildman–Crippen MR) is 183 cm³/mol. The van der Waals surface area contributed by atoms with Crippen LogP contribution in [0, 0.1) is 0 Å². The fraction of sp³-hybridized carbons (Fsp3) is 0.795. The van der Waals surface area contributed by atoms with Crippen LogP contribution in [0.1, 0.15) is 193 Å². The van der Waals surface area contributed by atoms with E-state index < -0.39 is 0 Å². The molecule has 0 saturated heterocycles. The van der Waals surface area contributed by atoms with E-state index in [4.69, 9.17) is 0 Å². The van der Waals surface area contributed by atoms with Gasteiger partial charge in [-0.05, 0) is 18.4 Å². The zero-order chi connectivity index (χ0) is 29.1. The summed E-state index contributed by atoms with van der Waals surface area (Å²) in [6, 6.07) is 11.2. The second-order valence-corrected chi connectivity index (χ2v) is 13.0. The summed E-state index contributed by atoms with van der Waals surface area (Å²) >= 11 is 0. The van der Waals surface area contributed by atoms with E-state index in [1.807, 2.05) is 0 Å². The summed E-state index contributed by atoms with van der Waals surface area (Å²) in [4.78, 5) is 5.21. The molecule has 236 valence electrons. The summed E-state index contributed by atoms with van der Waals surface area (Å²) in [6.07, 6.45) is 42.2. The Kier molecular flexibility index (Phi) is 22.9. The molecule has 2 nitrogen and oxygen atoms in total. The maximum Gasteiger partial charge on any atom is 0.127 e. The summed E-state index contributed by atoms with van der Waals surface area (Å²) in [6.45, 7) is 6.98. The summed E-state index contributed by atoms with van der Waals surface area (Å²) in [5.41, 5.74) is 1.45.